The largest absolute Gasteiger partial charge is 0.310 e. The standard InChI is InChI=1S/C58H37NS/c1-2-15-47-40(11-1)12-10-21-48(47)43-14-9-13-41(35-43)38-23-28-44(29-24-38)59(46-32-34-55-54-20-7-8-22-57(54)60-58(55)37-46)45-30-25-39(26-31-45)42-27-33-53-51-18-4-3-16-49(51)50-17-5-6-19-52(50)56(53)36-42/h1-37H. The number of fused-ring (bicyclic) bond motifs is 10. The van der Waals surface area contributed by atoms with Gasteiger partial charge in [0.2, 0.25) is 0 Å². The van der Waals surface area contributed by atoms with Crippen LogP contribution in [0.1, 0.15) is 0 Å². The van der Waals surface area contributed by atoms with E-state index in [9.17, 15) is 0 Å². The Bertz CT molecular complexity index is 3560. The van der Waals surface area contributed by atoms with Crippen LogP contribution in [0.3, 0.4) is 0 Å². The molecule has 0 bridgehead atoms. The Morgan fingerprint density at radius 3 is 1.42 bits per heavy atom. The molecule has 0 N–H and O–H groups in total. The van der Waals surface area contributed by atoms with Crippen molar-refractivity contribution in [2.75, 3.05) is 4.90 Å². The third kappa shape index (κ3) is 5.76. The van der Waals surface area contributed by atoms with E-state index < -0.39 is 0 Å². The van der Waals surface area contributed by atoms with Gasteiger partial charge < -0.3 is 4.90 Å². The van der Waals surface area contributed by atoms with Crippen molar-refractivity contribution < 1.29 is 0 Å². The number of hydrogen-bond donors (Lipinski definition) is 0. The first-order valence-corrected chi connectivity index (χ1v) is 21.4. The molecule has 0 aliphatic heterocycles. The molecule has 60 heavy (non-hydrogen) atoms. The summed E-state index contributed by atoms with van der Waals surface area (Å²) in [4.78, 5) is 2.39. The molecular formula is C58H37NS. The molecule has 1 nitrogen and oxygen atoms in total. The summed E-state index contributed by atoms with van der Waals surface area (Å²) < 4.78 is 2.60. The topological polar surface area (TPSA) is 3.24 Å². The zero-order valence-electron chi connectivity index (χ0n) is 32.7. The Labute approximate surface area is 352 Å². The van der Waals surface area contributed by atoms with Crippen LogP contribution in [0.5, 0.6) is 0 Å². The summed E-state index contributed by atoms with van der Waals surface area (Å²) >= 11 is 1.86. The number of hydrogen-bond acceptors (Lipinski definition) is 2. The molecule has 2 heteroatoms. The molecule has 0 amide bonds. The predicted molar refractivity (Wildman–Crippen MR) is 260 cm³/mol. The summed E-state index contributed by atoms with van der Waals surface area (Å²) in [6.07, 6.45) is 0. The van der Waals surface area contributed by atoms with Gasteiger partial charge >= 0.3 is 0 Å². The SMILES string of the molecule is c1cc(-c2ccc(N(c3ccc(-c4ccc5c6ccccc6c6ccccc6c5c4)cc3)c3ccc4c(c3)sc3ccccc34)cc2)cc(-c2cccc3ccccc23)c1. The van der Waals surface area contributed by atoms with Crippen molar-refractivity contribution in [3.8, 4) is 33.4 Å². The van der Waals surface area contributed by atoms with E-state index >= 15 is 0 Å². The summed E-state index contributed by atoms with van der Waals surface area (Å²) in [6, 6.07) is 82.5. The maximum Gasteiger partial charge on any atom is 0.0476 e. The fourth-order valence-corrected chi connectivity index (χ4v) is 10.5. The van der Waals surface area contributed by atoms with E-state index in [1.807, 2.05) is 11.3 Å². The fourth-order valence-electron chi connectivity index (χ4n) is 9.34. The van der Waals surface area contributed by atoms with Gasteiger partial charge in [-0.15, -0.1) is 11.3 Å². The highest BCUT2D eigenvalue weighted by atomic mass is 32.1. The maximum absolute atomic E-state index is 2.39. The summed E-state index contributed by atoms with van der Waals surface area (Å²) in [5.74, 6) is 0. The number of thiophene rings is 1. The van der Waals surface area contributed by atoms with Crippen LogP contribution >= 0.6 is 11.3 Å². The molecule has 12 aromatic rings. The molecule has 0 saturated carbocycles. The average molecular weight is 780 g/mol. The molecule has 0 saturated heterocycles. The van der Waals surface area contributed by atoms with Gasteiger partial charge in [-0.25, -0.2) is 0 Å². The van der Waals surface area contributed by atoms with Crippen molar-refractivity contribution in [3.63, 3.8) is 0 Å². The summed E-state index contributed by atoms with van der Waals surface area (Å²) in [6.45, 7) is 0. The van der Waals surface area contributed by atoms with Gasteiger partial charge in [0.25, 0.3) is 0 Å². The molecule has 280 valence electrons. The van der Waals surface area contributed by atoms with Crippen LogP contribution in [0.2, 0.25) is 0 Å². The van der Waals surface area contributed by atoms with Crippen molar-refractivity contribution in [3.05, 3.63) is 224 Å². The van der Waals surface area contributed by atoms with E-state index in [-0.39, 0.29) is 0 Å². The first kappa shape index (κ1) is 34.5. The van der Waals surface area contributed by atoms with Gasteiger partial charge in [0.1, 0.15) is 0 Å². The second-order valence-corrected chi connectivity index (χ2v) is 16.8. The van der Waals surface area contributed by atoms with Crippen molar-refractivity contribution in [1.29, 1.82) is 0 Å². The lowest BCUT2D eigenvalue weighted by molar-refractivity contribution is 1.29. The molecular weight excluding hydrogens is 743 g/mol. The van der Waals surface area contributed by atoms with E-state index in [4.69, 9.17) is 0 Å². The van der Waals surface area contributed by atoms with Gasteiger partial charge in [0, 0.05) is 37.2 Å². The molecule has 0 atom stereocenters. The van der Waals surface area contributed by atoms with Crippen molar-refractivity contribution in [2.45, 2.75) is 0 Å². The highest BCUT2D eigenvalue weighted by Crippen LogP contribution is 2.43. The van der Waals surface area contributed by atoms with Crippen LogP contribution in [0.15, 0.2) is 224 Å². The van der Waals surface area contributed by atoms with Gasteiger partial charge in [-0.05, 0) is 131 Å². The lowest BCUT2D eigenvalue weighted by atomic mass is 9.92. The first-order chi connectivity index (χ1) is 29.7. The van der Waals surface area contributed by atoms with Crippen LogP contribution in [-0.4, -0.2) is 0 Å². The zero-order chi connectivity index (χ0) is 39.6. The van der Waals surface area contributed by atoms with E-state index in [1.165, 1.54) is 96.6 Å². The van der Waals surface area contributed by atoms with Gasteiger partial charge in [0.15, 0.2) is 0 Å². The number of nitrogens with zero attached hydrogens (tertiary/aromatic N) is 1. The van der Waals surface area contributed by atoms with Crippen molar-refractivity contribution in [1.82, 2.24) is 0 Å². The van der Waals surface area contributed by atoms with Gasteiger partial charge in [-0.2, -0.15) is 0 Å². The number of anilines is 3. The second kappa shape index (κ2) is 14.1. The molecule has 0 aliphatic rings. The number of rotatable bonds is 6. The Kier molecular flexibility index (Phi) is 8.11. The summed E-state index contributed by atoms with van der Waals surface area (Å²) in [5.41, 5.74) is 10.6. The lowest BCUT2D eigenvalue weighted by Gasteiger charge is -2.26. The van der Waals surface area contributed by atoms with Crippen LogP contribution in [0.4, 0.5) is 17.1 Å². The Hall–Kier alpha value is -7.52. The van der Waals surface area contributed by atoms with E-state index in [0.717, 1.165) is 17.1 Å². The Balaban J connectivity index is 0.943. The molecule has 12 rings (SSSR count). The minimum absolute atomic E-state index is 1.11. The Morgan fingerprint density at radius 2 is 0.717 bits per heavy atom. The third-order valence-corrected chi connectivity index (χ3v) is 13.4. The van der Waals surface area contributed by atoms with E-state index in [1.54, 1.807) is 0 Å². The summed E-state index contributed by atoms with van der Waals surface area (Å²) in [5, 5.41) is 12.9. The highest BCUT2D eigenvalue weighted by molar-refractivity contribution is 7.25. The van der Waals surface area contributed by atoms with Gasteiger partial charge in [-0.3, -0.25) is 0 Å². The molecule has 0 aliphatic carbocycles. The first-order valence-electron chi connectivity index (χ1n) is 20.6. The summed E-state index contributed by atoms with van der Waals surface area (Å²) in [7, 11) is 0. The molecule has 0 radical (unpaired) electrons. The van der Waals surface area contributed by atoms with Crippen molar-refractivity contribution >= 4 is 91.7 Å². The molecule has 11 aromatic carbocycles. The minimum Gasteiger partial charge on any atom is -0.310 e. The molecule has 1 aromatic heterocycles. The average Bonchev–Trinajstić information content (AvgIpc) is 3.70. The zero-order valence-corrected chi connectivity index (χ0v) is 33.5. The van der Waals surface area contributed by atoms with E-state index in [0.29, 0.717) is 0 Å². The second-order valence-electron chi connectivity index (χ2n) is 15.7. The van der Waals surface area contributed by atoms with Crippen LogP contribution in [-0.2, 0) is 0 Å². The van der Waals surface area contributed by atoms with Gasteiger partial charge in [0.05, 0.1) is 0 Å². The normalized spacial score (nSPS) is 11.7. The molecule has 1 heterocycles. The molecule has 0 unspecified atom stereocenters. The van der Waals surface area contributed by atoms with Crippen LogP contribution < -0.4 is 4.90 Å². The van der Waals surface area contributed by atoms with Crippen molar-refractivity contribution in [2.24, 2.45) is 0 Å². The maximum atomic E-state index is 2.39. The lowest BCUT2D eigenvalue weighted by Crippen LogP contribution is -2.09. The number of benzene rings is 11. The predicted octanol–water partition coefficient (Wildman–Crippen LogP) is 17.1. The minimum atomic E-state index is 1.11. The Morgan fingerprint density at radius 1 is 0.250 bits per heavy atom. The highest BCUT2D eigenvalue weighted by Gasteiger charge is 2.17. The van der Waals surface area contributed by atoms with Crippen LogP contribution in [0, 0.1) is 0 Å². The molecule has 0 fully saturated rings. The fraction of sp³-hybridized carbons (Fsp3) is 0. The van der Waals surface area contributed by atoms with E-state index in [2.05, 4.69) is 229 Å². The third-order valence-electron chi connectivity index (χ3n) is 12.2. The molecule has 0 spiro atoms. The monoisotopic (exact) mass is 779 g/mol. The van der Waals surface area contributed by atoms with Crippen LogP contribution in [0.25, 0.3) is 96.6 Å². The smallest absolute Gasteiger partial charge is 0.0476 e. The van der Waals surface area contributed by atoms with Gasteiger partial charge in [-0.1, -0.05) is 170 Å². The quantitative estimate of drug-likeness (QED) is 0.152.